The summed E-state index contributed by atoms with van der Waals surface area (Å²) in [6, 6.07) is 8.09. The lowest BCUT2D eigenvalue weighted by atomic mass is 10.0. The Morgan fingerprint density at radius 2 is 1.42 bits per heavy atom. The SMILES string of the molecule is Cc1ccc(SC(NC=O)c2cc(C(F)(F)F)cc(C(F)(F)F)c2)cc1. The molecule has 140 valence electrons. The quantitative estimate of drug-likeness (QED) is 0.311. The van der Waals surface area contributed by atoms with Crippen molar-refractivity contribution in [3.05, 3.63) is 64.7 Å². The van der Waals surface area contributed by atoms with Crippen LogP contribution in [0.3, 0.4) is 0 Å². The van der Waals surface area contributed by atoms with Crippen LogP contribution in [-0.2, 0) is 17.1 Å². The Labute approximate surface area is 149 Å². The van der Waals surface area contributed by atoms with Crippen molar-refractivity contribution in [3.63, 3.8) is 0 Å². The molecule has 0 spiro atoms. The topological polar surface area (TPSA) is 29.1 Å². The zero-order chi connectivity index (χ0) is 19.5. The molecule has 0 aliphatic rings. The lowest BCUT2D eigenvalue weighted by Crippen LogP contribution is -2.19. The molecule has 2 aromatic rings. The monoisotopic (exact) mass is 393 g/mol. The van der Waals surface area contributed by atoms with E-state index in [2.05, 4.69) is 5.32 Å². The average molecular weight is 393 g/mol. The van der Waals surface area contributed by atoms with Gasteiger partial charge >= 0.3 is 12.4 Å². The molecule has 0 aliphatic carbocycles. The van der Waals surface area contributed by atoms with Crippen molar-refractivity contribution in [1.82, 2.24) is 5.32 Å². The van der Waals surface area contributed by atoms with Crippen LogP contribution < -0.4 is 5.32 Å². The van der Waals surface area contributed by atoms with Gasteiger partial charge in [0.05, 0.1) is 11.1 Å². The standard InChI is InChI=1S/C17H13F6NOS/c1-10-2-4-14(5-3-10)26-15(24-9-25)11-6-12(16(18,19)20)8-13(7-11)17(21,22)23/h2-9,15H,1H3,(H,24,25). The van der Waals surface area contributed by atoms with E-state index in [0.717, 1.165) is 17.3 Å². The molecule has 0 radical (unpaired) electrons. The second-order valence-electron chi connectivity index (χ2n) is 5.43. The lowest BCUT2D eigenvalue weighted by Gasteiger charge is -2.20. The van der Waals surface area contributed by atoms with Gasteiger partial charge in [0.1, 0.15) is 5.37 Å². The number of nitrogens with one attached hydrogen (secondary N) is 1. The van der Waals surface area contributed by atoms with E-state index < -0.39 is 28.9 Å². The third-order valence-corrected chi connectivity index (χ3v) is 4.60. The van der Waals surface area contributed by atoms with Gasteiger partial charge in [0.25, 0.3) is 0 Å². The van der Waals surface area contributed by atoms with Gasteiger partial charge in [0, 0.05) is 4.90 Å². The fourth-order valence-electron chi connectivity index (χ4n) is 2.14. The van der Waals surface area contributed by atoms with E-state index >= 15 is 0 Å². The number of aryl methyl sites for hydroxylation is 1. The molecule has 9 heteroatoms. The Morgan fingerprint density at radius 1 is 0.923 bits per heavy atom. The summed E-state index contributed by atoms with van der Waals surface area (Å²) in [5, 5.41) is 1.15. The molecule has 1 atom stereocenters. The number of halogens is 6. The summed E-state index contributed by atoms with van der Waals surface area (Å²) >= 11 is 0.937. The van der Waals surface area contributed by atoms with E-state index in [9.17, 15) is 31.1 Å². The second-order valence-corrected chi connectivity index (χ2v) is 6.61. The maximum absolute atomic E-state index is 13.0. The molecule has 0 bridgehead atoms. The third-order valence-electron chi connectivity index (χ3n) is 3.41. The van der Waals surface area contributed by atoms with Crippen LogP contribution in [-0.4, -0.2) is 6.41 Å². The Kier molecular flexibility index (Phi) is 5.90. The van der Waals surface area contributed by atoms with E-state index in [-0.39, 0.29) is 18.0 Å². The van der Waals surface area contributed by atoms with Crippen molar-refractivity contribution in [1.29, 1.82) is 0 Å². The van der Waals surface area contributed by atoms with Crippen LogP contribution in [0.1, 0.15) is 27.6 Å². The Hall–Kier alpha value is -2.16. The average Bonchev–Trinajstić information content (AvgIpc) is 2.54. The highest BCUT2D eigenvalue weighted by molar-refractivity contribution is 7.99. The number of rotatable bonds is 5. The number of carbonyl (C=O) groups excluding carboxylic acids is 1. The zero-order valence-electron chi connectivity index (χ0n) is 13.3. The van der Waals surface area contributed by atoms with Gasteiger partial charge in [-0.1, -0.05) is 29.5 Å². The van der Waals surface area contributed by atoms with Crippen LogP contribution in [0, 0.1) is 6.92 Å². The first-order valence-corrected chi connectivity index (χ1v) is 8.11. The van der Waals surface area contributed by atoms with Gasteiger partial charge in [-0.15, -0.1) is 0 Å². The molecule has 0 fully saturated rings. The van der Waals surface area contributed by atoms with Crippen LogP contribution >= 0.6 is 11.8 Å². The van der Waals surface area contributed by atoms with Crippen LogP contribution in [0.2, 0.25) is 0 Å². The van der Waals surface area contributed by atoms with Crippen molar-refractivity contribution >= 4 is 18.2 Å². The van der Waals surface area contributed by atoms with E-state index in [1.165, 1.54) is 0 Å². The van der Waals surface area contributed by atoms with Crippen molar-refractivity contribution < 1.29 is 31.1 Å². The summed E-state index contributed by atoms with van der Waals surface area (Å²) in [4.78, 5) is 11.4. The molecule has 0 aromatic heterocycles. The largest absolute Gasteiger partial charge is 0.416 e. The molecule has 0 aliphatic heterocycles. The number of thioether (sulfide) groups is 1. The number of carbonyl (C=O) groups is 1. The molecule has 0 heterocycles. The van der Waals surface area contributed by atoms with Crippen LogP contribution in [0.4, 0.5) is 26.3 Å². The van der Waals surface area contributed by atoms with Gasteiger partial charge in [-0.05, 0) is 42.8 Å². The van der Waals surface area contributed by atoms with Gasteiger partial charge in [0.2, 0.25) is 6.41 Å². The Balaban J connectivity index is 2.49. The van der Waals surface area contributed by atoms with E-state index in [1.807, 2.05) is 6.92 Å². The van der Waals surface area contributed by atoms with Crippen LogP contribution in [0.25, 0.3) is 0 Å². The molecule has 2 rings (SSSR count). The molecule has 2 nitrogen and oxygen atoms in total. The number of amides is 1. The van der Waals surface area contributed by atoms with Crippen molar-refractivity contribution in [2.75, 3.05) is 0 Å². The molecule has 2 aromatic carbocycles. The smallest absolute Gasteiger partial charge is 0.342 e. The van der Waals surface area contributed by atoms with E-state index in [4.69, 9.17) is 0 Å². The van der Waals surface area contributed by atoms with E-state index in [1.54, 1.807) is 24.3 Å². The fourth-order valence-corrected chi connectivity index (χ4v) is 3.10. The summed E-state index contributed by atoms with van der Waals surface area (Å²) < 4.78 is 78.0. The minimum Gasteiger partial charge on any atom is -0.342 e. The van der Waals surface area contributed by atoms with Crippen LogP contribution in [0.15, 0.2) is 47.4 Å². The highest BCUT2D eigenvalue weighted by Gasteiger charge is 2.37. The number of benzene rings is 2. The highest BCUT2D eigenvalue weighted by Crippen LogP contribution is 2.40. The van der Waals surface area contributed by atoms with Gasteiger partial charge in [0.15, 0.2) is 0 Å². The fraction of sp³-hybridized carbons (Fsp3) is 0.235. The Bertz CT molecular complexity index is 738. The molecule has 0 saturated carbocycles. The zero-order valence-corrected chi connectivity index (χ0v) is 14.1. The first-order chi connectivity index (χ1) is 12.0. The van der Waals surface area contributed by atoms with Gasteiger partial charge in [-0.2, -0.15) is 26.3 Å². The van der Waals surface area contributed by atoms with Gasteiger partial charge < -0.3 is 5.32 Å². The number of hydrogen-bond donors (Lipinski definition) is 1. The third kappa shape index (κ3) is 5.17. The molecule has 1 N–H and O–H groups in total. The van der Waals surface area contributed by atoms with Crippen molar-refractivity contribution in [2.24, 2.45) is 0 Å². The maximum Gasteiger partial charge on any atom is 0.416 e. The first-order valence-electron chi connectivity index (χ1n) is 7.23. The lowest BCUT2D eigenvalue weighted by molar-refractivity contribution is -0.143. The molecule has 1 amide bonds. The second kappa shape index (κ2) is 7.61. The summed E-state index contributed by atoms with van der Waals surface area (Å²) in [7, 11) is 0. The predicted octanol–water partition coefficient (Wildman–Crippen LogP) is 5.57. The summed E-state index contributed by atoms with van der Waals surface area (Å²) in [5.74, 6) is 0. The number of hydrogen-bond acceptors (Lipinski definition) is 2. The normalized spacial score (nSPS) is 13.3. The predicted molar refractivity (Wildman–Crippen MR) is 85.4 cm³/mol. The van der Waals surface area contributed by atoms with Crippen LogP contribution in [0.5, 0.6) is 0 Å². The molecular formula is C17H13F6NOS. The summed E-state index contributed by atoms with van der Waals surface area (Å²) in [5.41, 5.74) is -2.22. The summed E-state index contributed by atoms with van der Waals surface area (Å²) in [6.07, 6.45) is -9.66. The van der Waals surface area contributed by atoms with E-state index in [0.29, 0.717) is 17.0 Å². The maximum atomic E-state index is 13.0. The van der Waals surface area contributed by atoms with Crippen molar-refractivity contribution in [3.8, 4) is 0 Å². The highest BCUT2D eigenvalue weighted by atomic mass is 32.2. The van der Waals surface area contributed by atoms with Crippen molar-refractivity contribution in [2.45, 2.75) is 29.5 Å². The van der Waals surface area contributed by atoms with Gasteiger partial charge in [-0.3, -0.25) is 4.79 Å². The molecule has 26 heavy (non-hydrogen) atoms. The molecular weight excluding hydrogens is 380 g/mol. The molecule has 0 saturated heterocycles. The molecule has 1 unspecified atom stereocenters. The van der Waals surface area contributed by atoms with Gasteiger partial charge in [-0.25, -0.2) is 0 Å². The Morgan fingerprint density at radius 3 is 1.85 bits per heavy atom. The minimum atomic E-state index is -4.95. The minimum absolute atomic E-state index is 0.0536. The summed E-state index contributed by atoms with van der Waals surface area (Å²) in [6.45, 7) is 1.83. The number of alkyl halides is 6. The first kappa shape index (κ1) is 20.2.